The van der Waals surface area contributed by atoms with Crippen LogP contribution in [0, 0.1) is 11.6 Å². The van der Waals surface area contributed by atoms with Crippen molar-refractivity contribution >= 4 is 22.6 Å². The molecule has 0 saturated heterocycles. The van der Waals surface area contributed by atoms with E-state index in [2.05, 4.69) is 4.98 Å². The fourth-order valence-electron chi connectivity index (χ4n) is 2.32. The van der Waals surface area contributed by atoms with Crippen LogP contribution in [-0.2, 0) is 6.54 Å². The molecule has 3 aromatic rings. The summed E-state index contributed by atoms with van der Waals surface area (Å²) in [5, 5.41) is 0.520. The van der Waals surface area contributed by atoms with Crippen molar-refractivity contribution in [2.24, 2.45) is 5.73 Å². The van der Waals surface area contributed by atoms with Crippen LogP contribution in [0.1, 0.15) is 0 Å². The SMILES string of the molecule is NCCn1c(-c2ccccc2Cl)nc2cc(F)c(F)cc21. The zero-order valence-corrected chi connectivity index (χ0v) is 11.7. The Hall–Kier alpha value is -1.98. The molecule has 0 saturated carbocycles. The number of hydrogen-bond donors (Lipinski definition) is 1. The second kappa shape index (κ2) is 5.42. The number of fused-ring (bicyclic) bond motifs is 1. The molecule has 0 aliphatic heterocycles. The maximum absolute atomic E-state index is 13.5. The third-order valence-corrected chi connectivity index (χ3v) is 3.59. The lowest BCUT2D eigenvalue weighted by atomic mass is 10.2. The van der Waals surface area contributed by atoms with Crippen molar-refractivity contribution in [1.29, 1.82) is 0 Å². The Morgan fingerprint density at radius 2 is 1.86 bits per heavy atom. The fourth-order valence-corrected chi connectivity index (χ4v) is 2.54. The van der Waals surface area contributed by atoms with Crippen molar-refractivity contribution in [3.05, 3.63) is 53.1 Å². The first-order chi connectivity index (χ1) is 10.1. The van der Waals surface area contributed by atoms with E-state index >= 15 is 0 Å². The first-order valence-corrected chi connectivity index (χ1v) is 6.80. The Labute approximate surface area is 125 Å². The van der Waals surface area contributed by atoms with Crippen molar-refractivity contribution in [2.75, 3.05) is 6.54 Å². The van der Waals surface area contributed by atoms with Gasteiger partial charge in [-0.3, -0.25) is 0 Å². The van der Waals surface area contributed by atoms with E-state index in [1.54, 1.807) is 16.7 Å². The summed E-state index contributed by atoms with van der Waals surface area (Å²) in [6, 6.07) is 9.40. The van der Waals surface area contributed by atoms with E-state index in [4.69, 9.17) is 17.3 Å². The van der Waals surface area contributed by atoms with Gasteiger partial charge in [0.25, 0.3) is 0 Å². The molecule has 0 radical (unpaired) electrons. The molecule has 0 fully saturated rings. The zero-order chi connectivity index (χ0) is 15.0. The minimum Gasteiger partial charge on any atom is -0.329 e. The Bertz CT molecular complexity index is 814. The Morgan fingerprint density at radius 1 is 1.14 bits per heavy atom. The summed E-state index contributed by atoms with van der Waals surface area (Å²) in [6.07, 6.45) is 0. The predicted octanol–water partition coefficient (Wildman–Crippen LogP) is 3.59. The summed E-state index contributed by atoms with van der Waals surface area (Å²) in [5.41, 5.74) is 7.18. The van der Waals surface area contributed by atoms with Gasteiger partial charge in [-0.2, -0.15) is 0 Å². The van der Waals surface area contributed by atoms with Crippen molar-refractivity contribution < 1.29 is 8.78 Å². The van der Waals surface area contributed by atoms with Crippen LogP contribution in [0.25, 0.3) is 22.4 Å². The van der Waals surface area contributed by atoms with Crippen LogP contribution < -0.4 is 5.73 Å². The van der Waals surface area contributed by atoms with Gasteiger partial charge >= 0.3 is 0 Å². The van der Waals surface area contributed by atoms with Gasteiger partial charge in [-0.05, 0) is 12.1 Å². The molecule has 6 heteroatoms. The molecule has 108 valence electrons. The van der Waals surface area contributed by atoms with Crippen molar-refractivity contribution in [2.45, 2.75) is 6.54 Å². The van der Waals surface area contributed by atoms with Gasteiger partial charge in [0.1, 0.15) is 5.82 Å². The molecular weight excluding hydrogens is 296 g/mol. The minimum absolute atomic E-state index is 0.349. The van der Waals surface area contributed by atoms with Crippen molar-refractivity contribution in [3.63, 3.8) is 0 Å². The number of nitrogens with two attached hydrogens (primary N) is 1. The van der Waals surface area contributed by atoms with Gasteiger partial charge in [-0.25, -0.2) is 13.8 Å². The van der Waals surface area contributed by atoms with Crippen LogP contribution in [0.3, 0.4) is 0 Å². The van der Waals surface area contributed by atoms with Gasteiger partial charge < -0.3 is 10.3 Å². The average Bonchev–Trinajstić information content (AvgIpc) is 2.79. The number of benzene rings is 2. The highest BCUT2D eigenvalue weighted by Gasteiger charge is 2.16. The Kier molecular flexibility index (Phi) is 3.61. The summed E-state index contributed by atoms with van der Waals surface area (Å²) in [5.74, 6) is -1.29. The molecule has 0 aliphatic rings. The van der Waals surface area contributed by atoms with Crippen molar-refractivity contribution in [1.82, 2.24) is 9.55 Å². The molecule has 0 unspecified atom stereocenters. The van der Waals surface area contributed by atoms with Crippen LogP contribution >= 0.6 is 11.6 Å². The number of hydrogen-bond acceptors (Lipinski definition) is 2. The number of nitrogens with zero attached hydrogens (tertiary/aromatic N) is 2. The lowest BCUT2D eigenvalue weighted by Gasteiger charge is -2.09. The largest absolute Gasteiger partial charge is 0.329 e. The van der Waals surface area contributed by atoms with Gasteiger partial charge in [0.05, 0.1) is 16.1 Å². The second-order valence-electron chi connectivity index (χ2n) is 4.61. The molecule has 2 aromatic carbocycles. The van der Waals surface area contributed by atoms with Crippen LogP contribution in [0.15, 0.2) is 36.4 Å². The van der Waals surface area contributed by atoms with Crippen molar-refractivity contribution in [3.8, 4) is 11.4 Å². The summed E-state index contributed by atoms with van der Waals surface area (Å²) in [7, 11) is 0. The normalized spacial score (nSPS) is 11.2. The second-order valence-corrected chi connectivity index (χ2v) is 5.02. The minimum atomic E-state index is -0.925. The quantitative estimate of drug-likeness (QED) is 0.803. The summed E-state index contributed by atoms with van der Waals surface area (Å²) in [6.45, 7) is 0.782. The van der Waals surface area contributed by atoms with Gasteiger partial charge in [0.2, 0.25) is 0 Å². The first-order valence-electron chi connectivity index (χ1n) is 6.42. The lowest BCUT2D eigenvalue weighted by Crippen LogP contribution is -2.11. The smallest absolute Gasteiger partial charge is 0.161 e. The molecule has 0 aliphatic carbocycles. The number of rotatable bonds is 3. The van der Waals surface area contributed by atoms with E-state index in [1.165, 1.54) is 0 Å². The molecule has 0 spiro atoms. The predicted molar refractivity (Wildman–Crippen MR) is 79.1 cm³/mol. The third-order valence-electron chi connectivity index (χ3n) is 3.26. The van der Waals surface area contributed by atoms with Gasteiger partial charge in [0.15, 0.2) is 11.6 Å². The van der Waals surface area contributed by atoms with Crippen LogP contribution in [0.2, 0.25) is 5.02 Å². The maximum atomic E-state index is 13.5. The molecule has 21 heavy (non-hydrogen) atoms. The number of aromatic nitrogens is 2. The summed E-state index contributed by atoms with van der Waals surface area (Å²) < 4.78 is 28.6. The standard InChI is InChI=1S/C15H12ClF2N3/c16-10-4-2-1-3-9(10)15-20-13-7-11(17)12(18)8-14(13)21(15)6-5-19/h1-4,7-8H,5-6,19H2. The van der Waals surface area contributed by atoms with Gasteiger partial charge in [-0.15, -0.1) is 0 Å². The van der Waals surface area contributed by atoms with Crippen LogP contribution in [0.4, 0.5) is 8.78 Å². The lowest BCUT2D eigenvalue weighted by molar-refractivity contribution is 0.510. The van der Waals surface area contributed by atoms with E-state index in [9.17, 15) is 8.78 Å². The topological polar surface area (TPSA) is 43.8 Å². The molecule has 0 amide bonds. The Balaban J connectivity index is 2.32. The molecule has 1 heterocycles. The molecule has 2 N–H and O–H groups in total. The Morgan fingerprint density at radius 3 is 2.57 bits per heavy atom. The highest BCUT2D eigenvalue weighted by Crippen LogP contribution is 2.30. The number of imidazole rings is 1. The molecule has 0 atom stereocenters. The van der Waals surface area contributed by atoms with E-state index < -0.39 is 11.6 Å². The zero-order valence-electron chi connectivity index (χ0n) is 11.0. The average molecular weight is 308 g/mol. The van der Waals surface area contributed by atoms with Crippen LogP contribution in [-0.4, -0.2) is 16.1 Å². The molecule has 0 bridgehead atoms. The first kappa shape index (κ1) is 14.0. The molecule has 3 nitrogen and oxygen atoms in total. The monoisotopic (exact) mass is 307 g/mol. The molecule has 3 rings (SSSR count). The maximum Gasteiger partial charge on any atom is 0.161 e. The van der Waals surface area contributed by atoms with E-state index in [1.807, 2.05) is 12.1 Å². The molecule has 1 aromatic heterocycles. The van der Waals surface area contributed by atoms with Gasteiger partial charge in [-0.1, -0.05) is 23.7 Å². The summed E-state index contributed by atoms with van der Waals surface area (Å²) in [4.78, 5) is 4.38. The van der Waals surface area contributed by atoms with E-state index in [0.717, 1.165) is 12.1 Å². The summed E-state index contributed by atoms with van der Waals surface area (Å²) >= 11 is 6.19. The van der Waals surface area contributed by atoms with Gasteiger partial charge in [0, 0.05) is 30.8 Å². The van der Waals surface area contributed by atoms with E-state index in [0.29, 0.717) is 40.5 Å². The van der Waals surface area contributed by atoms with E-state index in [-0.39, 0.29) is 0 Å². The third kappa shape index (κ3) is 2.39. The number of halogens is 3. The highest BCUT2D eigenvalue weighted by molar-refractivity contribution is 6.33. The fraction of sp³-hybridized carbons (Fsp3) is 0.133. The highest BCUT2D eigenvalue weighted by atomic mass is 35.5. The molecular formula is C15H12ClF2N3. The van der Waals surface area contributed by atoms with Crippen LogP contribution in [0.5, 0.6) is 0 Å².